The van der Waals surface area contributed by atoms with Crippen molar-refractivity contribution in [2.45, 2.75) is 52.0 Å². The highest BCUT2D eigenvalue weighted by Gasteiger charge is 2.60. The van der Waals surface area contributed by atoms with Gasteiger partial charge >= 0.3 is 11.9 Å². The lowest BCUT2D eigenvalue weighted by Crippen LogP contribution is -2.63. The fourth-order valence-electron chi connectivity index (χ4n) is 4.45. The van der Waals surface area contributed by atoms with E-state index in [4.69, 9.17) is 9.47 Å². The zero-order valence-corrected chi connectivity index (χ0v) is 21.2. The molecule has 11 heteroatoms. The van der Waals surface area contributed by atoms with Crippen molar-refractivity contribution < 1.29 is 29.0 Å². The molecule has 0 unspecified atom stereocenters. The molecular weight excluding hydrogens is 466 g/mol. The highest BCUT2D eigenvalue weighted by molar-refractivity contribution is 8.14. The van der Waals surface area contributed by atoms with Gasteiger partial charge in [-0.2, -0.15) is 0 Å². The molecular formula is C22H31N3O6S2. The van der Waals surface area contributed by atoms with Crippen molar-refractivity contribution in [3.63, 3.8) is 0 Å². The summed E-state index contributed by atoms with van der Waals surface area (Å²) in [5, 5.41) is 11.5. The summed E-state index contributed by atoms with van der Waals surface area (Å²) in [6.07, 6.45) is -0.799. The number of esters is 2. The third-order valence-corrected chi connectivity index (χ3v) is 8.76. The SMILES string of the molecule is C[C@@H]1C(SC2CN(C3=NCCS3)C2)=C(C(=O)OCOC(=O)C(C)(C)C)N2C(=O)[C@H]([C@@H](C)O)[C@@H]12. The van der Waals surface area contributed by atoms with Crippen LogP contribution >= 0.6 is 23.5 Å². The predicted molar refractivity (Wildman–Crippen MR) is 126 cm³/mol. The van der Waals surface area contributed by atoms with Crippen molar-refractivity contribution in [2.24, 2.45) is 22.2 Å². The Bertz CT molecular complexity index is 906. The number of fused-ring (bicyclic) bond motifs is 1. The Morgan fingerprint density at radius 3 is 2.58 bits per heavy atom. The van der Waals surface area contributed by atoms with E-state index in [1.54, 1.807) is 51.2 Å². The van der Waals surface area contributed by atoms with Gasteiger partial charge in [0.2, 0.25) is 12.7 Å². The molecule has 0 saturated carbocycles. The summed E-state index contributed by atoms with van der Waals surface area (Å²) in [5.74, 6) is -1.06. The van der Waals surface area contributed by atoms with E-state index in [2.05, 4.69) is 9.89 Å². The van der Waals surface area contributed by atoms with E-state index in [1.165, 1.54) is 4.90 Å². The lowest BCUT2D eigenvalue weighted by molar-refractivity contribution is -0.175. The van der Waals surface area contributed by atoms with Crippen LogP contribution in [0.25, 0.3) is 0 Å². The lowest BCUT2D eigenvalue weighted by Gasteiger charge is -2.46. The molecule has 0 aromatic rings. The average Bonchev–Trinajstić information content (AvgIpc) is 3.29. The lowest BCUT2D eigenvalue weighted by atomic mass is 9.79. The number of likely N-dealkylation sites (tertiary alicyclic amines) is 1. The Labute approximate surface area is 202 Å². The van der Waals surface area contributed by atoms with Crippen molar-refractivity contribution in [1.82, 2.24) is 9.80 Å². The van der Waals surface area contributed by atoms with E-state index in [9.17, 15) is 19.5 Å². The Hall–Kier alpha value is -1.72. The molecule has 2 saturated heterocycles. The number of hydrogen-bond acceptors (Lipinski definition) is 10. The van der Waals surface area contributed by atoms with E-state index >= 15 is 0 Å². The zero-order chi connectivity index (χ0) is 24.1. The number of amides is 1. The third-order valence-electron chi connectivity index (χ3n) is 6.28. The topological polar surface area (TPSA) is 109 Å². The monoisotopic (exact) mass is 497 g/mol. The molecule has 1 amide bonds. The minimum atomic E-state index is -0.799. The number of carbonyl (C=O) groups excluding carboxylic acids is 3. The Balaban J connectivity index is 1.47. The number of hydrogen-bond donors (Lipinski definition) is 1. The second-order valence-electron chi connectivity index (χ2n) is 9.86. The van der Waals surface area contributed by atoms with E-state index in [-0.39, 0.29) is 28.8 Å². The standard InChI is InChI=1S/C22H31N3O6S2/c1-11-15-14(12(2)26)18(27)25(15)16(19(28)30-10-31-20(29)22(3,4)5)17(11)33-13-8-24(9-13)21-23-6-7-32-21/h11-15,26H,6-10H2,1-5H3/t11-,12+,14+,15+/m0/s1. The first-order valence-corrected chi connectivity index (χ1v) is 13.1. The van der Waals surface area contributed by atoms with Gasteiger partial charge < -0.3 is 24.4 Å². The zero-order valence-electron chi connectivity index (χ0n) is 19.6. The number of aliphatic hydroxyl groups is 1. The van der Waals surface area contributed by atoms with Gasteiger partial charge in [0.15, 0.2) is 5.17 Å². The first-order chi connectivity index (χ1) is 15.5. The molecule has 0 aliphatic carbocycles. The molecule has 0 spiro atoms. The van der Waals surface area contributed by atoms with Crippen molar-refractivity contribution >= 4 is 46.5 Å². The fourth-order valence-corrected chi connectivity index (χ4v) is 6.85. The average molecular weight is 498 g/mol. The smallest absolute Gasteiger partial charge is 0.358 e. The Morgan fingerprint density at radius 2 is 2.00 bits per heavy atom. The number of carbonyl (C=O) groups is 3. The maximum atomic E-state index is 13.0. The van der Waals surface area contributed by atoms with Crippen LogP contribution in [0, 0.1) is 17.3 Å². The van der Waals surface area contributed by atoms with E-state index in [0.717, 1.165) is 35.5 Å². The number of rotatable bonds is 6. The molecule has 33 heavy (non-hydrogen) atoms. The van der Waals surface area contributed by atoms with Crippen LogP contribution in [0.15, 0.2) is 15.6 Å². The number of β-lactam (4-membered cyclic amide) rings is 1. The van der Waals surface area contributed by atoms with Gasteiger partial charge in [0.1, 0.15) is 5.70 Å². The van der Waals surface area contributed by atoms with Crippen LogP contribution in [-0.2, 0) is 23.9 Å². The quantitative estimate of drug-likeness (QED) is 0.333. The summed E-state index contributed by atoms with van der Waals surface area (Å²) < 4.78 is 10.3. The molecule has 0 aromatic carbocycles. The summed E-state index contributed by atoms with van der Waals surface area (Å²) in [6.45, 7) is 10.7. The van der Waals surface area contributed by atoms with Gasteiger partial charge in [-0.15, -0.1) is 11.8 Å². The second kappa shape index (κ2) is 9.14. The molecule has 9 nitrogen and oxygen atoms in total. The minimum absolute atomic E-state index is 0.0979. The van der Waals surface area contributed by atoms with Crippen molar-refractivity contribution in [3.05, 3.63) is 10.6 Å². The molecule has 0 bridgehead atoms. The molecule has 0 aromatic heterocycles. The van der Waals surface area contributed by atoms with Crippen LogP contribution in [0.1, 0.15) is 34.6 Å². The van der Waals surface area contributed by atoms with Crippen molar-refractivity contribution in [1.29, 1.82) is 0 Å². The Kier molecular flexibility index (Phi) is 6.76. The molecule has 4 heterocycles. The van der Waals surface area contributed by atoms with Gasteiger partial charge in [0.25, 0.3) is 0 Å². The molecule has 4 atom stereocenters. The number of aliphatic imine (C=N–C) groups is 1. The molecule has 1 N–H and O–H groups in total. The number of thioether (sulfide) groups is 2. The number of nitrogens with zero attached hydrogens (tertiary/aromatic N) is 3. The van der Waals surface area contributed by atoms with Gasteiger partial charge in [0, 0.05) is 34.9 Å². The minimum Gasteiger partial charge on any atom is -0.427 e. The van der Waals surface area contributed by atoms with E-state index < -0.39 is 36.2 Å². The van der Waals surface area contributed by atoms with Gasteiger partial charge in [-0.1, -0.05) is 18.7 Å². The summed E-state index contributed by atoms with van der Waals surface area (Å²) in [4.78, 5) is 46.8. The maximum absolute atomic E-state index is 13.0. The molecule has 0 radical (unpaired) electrons. The number of aliphatic hydroxyl groups excluding tert-OH is 1. The third kappa shape index (κ3) is 4.51. The summed E-state index contributed by atoms with van der Waals surface area (Å²) in [6, 6.07) is -0.273. The van der Waals surface area contributed by atoms with E-state index in [0.29, 0.717) is 0 Å². The normalized spacial score (nSPS) is 28.2. The van der Waals surface area contributed by atoms with Gasteiger partial charge in [-0.25, -0.2) is 4.79 Å². The van der Waals surface area contributed by atoms with Gasteiger partial charge in [0.05, 0.1) is 30.0 Å². The van der Waals surface area contributed by atoms with Crippen LogP contribution < -0.4 is 0 Å². The van der Waals surface area contributed by atoms with E-state index in [1.807, 2.05) is 6.92 Å². The summed E-state index contributed by atoms with van der Waals surface area (Å²) in [5.41, 5.74) is -0.493. The molecule has 4 aliphatic rings. The van der Waals surface area contributed by atoms with Crippen LogP contribution in [0.5, 0.6) is 0 Å². The van der Waals surface area contributed by atoms with Crippen LogP contribution in [0.4, 0.5) is 0 Å². The first-order valence-electron chi connectivity index (χ1n) is 11.2. The number of amidine groups is 1. The summed E-state index contributed by atoms with van der Waals surface area (Å²) in [7, 11) is 0. The van der Waals surface area contributed by atoms with Crippen LogP contribution in [-0.4, -0.2) is 87.5 Å². The molecule has 4 aliphatic heterocycles. The second-order valence-corrected chi connectivity index (χ2v) is 12.3. The molecule has 2 fully saturated rings. The van der Waals surface area contributed by atoms with Gasteiger partial charge in [-0.05, 0) is 27.7 Å². The first kappa shape index (κ1) is 24.4. The van der Waals surface area contributed by atoms with Crippen LogP contribution in [0.3, 0.4) is 0 Å². The fraction of sp³-hybridized carbons (Fsp3) is 0.727. The maximum Gasteiger partial charge on any atom is 0.358 e. The highest BCUT2D eigenvalue weighted by Crippen LogP contribution is 2.52. The Morgan fingerprint density at radius 1 is 1.30 bits per heavy atom. The predicted octanol–water partition coefficient (Wildman–Crippen LogP) is 1.67. The van der Waals surface area contributed by atoms with Crippen molar-refractivity contribution in [2.75, 3.05) is 32.2 Å². The van der Waals surface area contributed by atoms with Crippen molar-refractivity contribution in [3.8, 4) is 0 Å². The van der Waals surface area contributed by atoms with Crippen LogP contribution in [0.2, 0.25) is 0 Å². The summed E-state index contributed by atoms with van der Waals surface area (Å²) >= 11 is 3.36. The number of ether oxygens (including phenoxy) is 2. The largest absolute Gasteiger partial charge is 0.427 e. The molecule has 182 valence electrons. The highest BCUT2D eigenvalue weighted by atomic mass is 32.2. The van der Waals surface area contributed by atoms with Gasteiger partial charge in [-0.3, -0.25) is 14.6 Å². The molecule has 4 rings (SSSR count).